The van der Waals surface area contributed by atoms with Crippen LogP contribution in [0, 0.1) is 7.14 Å². The molecular formula is C19H22I2N2O4S. The first kappa shape index (κ1) is 23.5. The molecule has 152 valence electrons. The molecule has 1 aliphatic rings. The molecule has 0 aliphatic carbocycles. The van der Waals surface area contributed by atoms with Crippen LogP contribution in [0.2, 0.25) is 0 Å². The predicted molar refractivity (Wildman–Crippen MR) is 130 cm³/mol. The van der Waals surface area contributed by atoms with Gasteiger partial charge in [0.1, 0.15) is 5.75 Å². The van der Waals surface area contributed by atoms with Crippen LogP contribution in [-0.4, -0.2) is 47.7 Å². The SMILES string of the molecule is COC(=O)COc1c(I)cc(/C=C2/SC(=NC(C)C)N(C(C)C)C2=O)cc1I. The minimum atomic E-state index is -0.434. The van der Waals surface area contributed by atoms with E-state index in [0.717, 1.165) is 17.9 Å². The standard InChI is InChI=1S/C19H22I2N2O4S/c1-10(2)22-19-23(11(3)4)18(25)15(28-19)8-12-6-13(20)17(14(21)7-12)27-9-16(24)26-5/h6-8,10-11H,9H2,1-5H3/b15-8+,22-19?. The Labute approximate surface area is 196 Å². The quantitative estimate of drug-likeness (QED) is 0.263. The predicted octanol–water partition coefficient (Wildman–Crippen LogP) is 4.54. The topological polar surface area (TPSA) is 68.2 Å². The molecular weight excluding hydrogens is 606 g/mol. The molecule has 9 heteroatoms. The summed E-state index contributed by atoms with van der Waals surface area (Å²) in [5.41, 5.74) is 0.893. The van der Waals surface area contributed by atoms with Gasteiger partial charge in [-0.25, -0.2) is 4.79 Å². The zero-order chi connectivity index (χ0) is 21.0. The second kappa shape index (κ2) is 10.3. The summed E-state index contributed by atoms with van der Waals surface area (Å²) in [6, 6.07) is 4.00. The first-order valence-corrected chi connectivity index (χ1v) is 11.6. The number of amidine groups is 1. The molecule has 1 fully saturated rings. The fraction of sp³-hybridized carbons (Fsp3) is 0.421. The summed E-state index contributed by atoms with van der Waals surface area (Å²) < 4.78 is 11.9. The van der Waals surface area contributed by atoms with Gasteiger partial charge in [-0.2, -0.15) is 0 Å². The molecule has 0 bridgehead atoms. The number of methoxy groups -OCH3 is 1. The van der Waals surface area contributed by atoms with E-state index in [2.05, 4.69) is 54.9 Å². The minimum absolute atomic E-state index is 0.0320. The highest BCUT2D eigenvalue weighted by Crippen LogP contribution is 2.36. The number of aliphatic imine (C=N–C) groups is 1. The summed E-state index contributed by atoms with van der Waals surface area (Å²) in [6.45, 7) is 7.81. The normalized spacial score (nSPS) is 17.3. The summed E-state index contributed by atoms with van der Waals surface area (Å²) in [5.74, 6) is 0.164. The van der Waals surface area contributed by atoms with Gasteiger partial charge in [0, 0.05) is 12.1 Å². The highest BCUT2D eigenvalue weighted by molar-refractivity contribution is 14.1. The molecule has 1 aromatic carbocycles. The molecule has 0 saturated carbocycles. The number of carbonyl (C=O) groups is 2. The van der Waals surface area contributed by atoms with Crippen LogP contribution in [0.25, 0.3) is 6.08 Å². The van der Waals surface area contributed by atoms with Crippen LogP contribution in [0.3, 0.4) is 0 Å². The van der Waals surface area contributed by atoms with Crippen molar-refractivity contribution in [1.82, 2.24) is 4.90 Å². The fourth-order valence-electron chi connectivity index (χ4n) is 2.39. The van der Waals surface area contributed by atoms with Crippen molar-refractivity contribution in [3.63, 3.8) is 0 Å². The number of amides is 1. The molecule has 1 amide bonds. The largest absolute Gasteiger partial charge is 0.480 e. The lowest BCUT2D eigenvalue weighted by molar-refractivity contribution is -0.143. The molecule has 0 radical (unpaired) electrons. The molecule has 1 heterocycles. The van der Waals surface area contributed by atoms with E-state index in [9.17, 15) is 9.59 Å². The number of thioether (sulfide) groups is 1. The van der Waals surface area contributed by atoms with Crippen molar-refractivity contribution in [2.24, 2.45) is 4.99 Å². The van der Waals surface area contributed by atoms with E-state index in [1.54, 1.807) is 4.90 Å². The number of halogens is 2. The van der Waals surface area contributed by atoms with Gasteiger partial charge in [-0.15, -0.1) is 0 Å². The van der Waals surface area contributed by atoms with Gasteiger partial charge in [-0.05, 0) is 108 Å². The average molecular weight is 628 g/mol. The van der Waals surface area contributed by atoms with Gasteiger partial charge in [-0.3, -0.25) is 14.7 Å². The second-order valence-electron chi connectivity index (χ2n) is 6.56. The maximum absolute atomic E-state index is 12.9. The van der Waals surface area contributed by atoms with E-state index in [1.807, 2.05) is 45.9 Å². The Morgan fingerprint density at radius 3 is 2.36 bits per heavy atom. The number of benzene rings is 1. The molecule has 28 heavy (non-hydrogen) atoms. The van der Waals surface area contributed by atoms with E-state index in [1.165, 1.54) is 18.9 Å². The highest BCUT2D eigenvalue weighted by Gasteiger charge is 2.35. The first-order valence-electron chi connectivity index (χ1n) is 8.63. The third-order valence-electron chi connectivity index (χ3n) is 3.60. The fourth-order valence-corrected chi connectivity index (χ4v) is 5.76. The highest BCUT2D eigenvalue weighted by atomic mass is 127. The third-order valence-corrected chi connectivity index (χ3v) is 6.20. The van der Waals surface area contributed by atoms with Crippen LogP contribution in [0.1, 0.15) is 33.3 Å². The lowest BCUT2D eigenvalue weighted by Gasteiger charge is -2.20. The molecule has 0 aromatic heterocycles. The number of hydrogen-bond donors (Lipinski definition) is 0. The second-order valence-corrected chi connectivity index (χ2v) is 9.90. The molecule has 1 aliphatic heterocycles. The van der Waals surface area contributed by atoms with Gasteiger partial charge < -0.3 is 9.47 Å². The number of esters is 1. The van der Waals surface area contributed by atoms with Crippen LogP contribution in [-0.2, 0) is 14.3 Å². The van der Waals surface area contributed by atoms with E-state index in [4.69, 9.17) is 4.74 Å². The Balaban J connectivity index is 2.32. The van der Waals surface area contributed by atoms with Gasteiger partial charge in [-0.1, -0.05) is 0 Å². The molecule has 1 aromatic rings. The van der Waals surface area contributed by atoms with Crippen LogP contribution < -0.4 is 4.74 Å². The number of nitrogens with zero attached hydrogens (tertiary/aromatic N) is 2. The maximum Gasteiger partial charge on any atom is 0.343 e. The minimum Gasteiger partial charge on any atom is -0.480 e. The van der Waals surface area contributed by atoms with Crippen molar-refractivity contribution < 1.29 is 19.1 Å². The van der Waals surface area contributed by atoms with E-state index in [-0.39, 0.29) is 24.6 Å². The number of carbonyl (C=O) groups excluding carboxylic acids is 2. The Morgan fingerprint density at radius 1 is 1.25 bits per heavy atom. The van der Waals surface area contributed by atoms with E-state index >= 15 is 0 Å². The van der Waals surface area contributed by atoms with Gasteiger partial charge in [0.15, 0.2) is 11.8 Å². The molecule has 6 nitrogen and oxygen atoms in total. The van der Waals surface area contributed by atoms with Crippen LogP contribution >= 0.6 is 56.9 Å². The van der Waals surface area contributed by atoms with Crippen LogP contribution in [0.5, 0.6) is 5.75 Å². The van der Waals surface area contributed by atoms with Crippen molar-refractivity contribution in [2.45, 2.75) is 39.8 Å². The number of ether oxygens (including phenoxy) is 2. The van der Waals surface area contributed by atoms with Gasteiger partial charge in [0.05, 0.1) is 19.2 Å². The average Bonchev–Trinajstić information content (AvgIpc) is 2.88. The maximum atomic E-state index is 12.9. The third kappa shape index (κ3) is 5.85. The van der Waals surface area contributed by atoms with E-state index < -0.39 is 5.97 Å². The summed E-state index contributed by atoms with van der Waals surface area (Å²) in [7, 11) is 1.32. The summed E-state index contributed by atoms with van der Waals surface area (Å²) in [4.78, 5) is 31.2. The van der Waals surface area contributed by atoms with Crippen LogP contribution in [0.15, 0.2) is 22.0 Å². The van der Waals surface area contributed by atoms with E-state index in [0.29, 0.717) is 10.7 Å². The zero-order valence-electron chi connectivity index (χ0n) is 16.3. The Hall–Kier alpha value is -0.820. The van der Waals surface area contributed by atoms with Crippen molar-refractivity contribution in [3.8, 4) is 5.75 Å². The van der Waals surface area contributed by atoms with Gasteiger partial charge in [0.25, 0.3) is 5.91 Å². The molecule has 0 atom stereocenters. The van der Waals surface area contributed by atoms with Crippen molar-refractivity contribution in [2.75, 3.05) is 13.7 Å². The van der Waals surface area contributed by atoms with Crippen molar-refractivity contribution >= 4 is 80.1 Å². The first-order chi connectivity index (χ1) is 13.1. The summed E-state index contributed by atoms with van der Waals surface area (Å²) >= 11 is 5.72. The Bertz CT molecular complexity index is 814. The lowest BCUT2D eigenvalue weighted by Crippen LogP contribution is -2.35. The lowest BCUT2D eigenvalue weighted by atomic mass is 10.2. The number of hydrogen-bond acceptors (Lipinski definition) is 6. The molecule has 1 saturated heterocycles. The molecule has 0 N–H and O–H groups in total. The number of rotatable bonds is 6. The Kier molecular flexibility index (Phi) is 8.61. The smallest absolute Gasteiger partial charge is 0.343 e. The van der Waals surface area contributed by atoms with Crippen molar-refractivity contribution in [1.29, 1.82) is 0 Å². The van der Waals surface area contributed by atoms with Gasteiger partial charge >= 0.3 is 5.97 Å². The zero-order valence-corrected chi connectivity index (χ0v) is 21.4. The summed E-state index contributed by atoms with van der Waals surface area (Å²) in [5, 5.41) is 0.740. The van der Waals surface area contributed by atoms with Crippen LogP contribution in [0.4, 0.5) is 0 Å². The van der Waals surface area contributed by atoms with Gasteiger partial charge in [0.2, 0.25) is 0 Å². The molecule has 2 rings (SSSR count). The molecule has 0 unspecified atom stereocenters. The Morgan fingerprint density at radius 2 is 1.86 bits per heavy atom. The summed E-state index contributed by atoms with van der Waals surface area (Å²) in [6.07, 6.45) is 1.87. The van der Waals surface area contributed by atoms with Crippen molar-refractivity contribution in [3.05, 3.63) is 29.7 Å². The molecule has 0 spiro atoms. The monoisotopic (exact) mass is 628 g/mol.